The first kappa shape index (κ1) is 15.1. The third-order valence-corrected chi connectivity index (χ3v) is 3.18. The van der Waals surface area contributed by atoms with Crippen molar-refractivity contribution in [2.45, 2.75) is 26.1 Å². The van der Waals surface area contributed by atoms with Gasteiger partial charge in [0.05, 0.1) is 5.92 Å². The van der Waals surface area contributed by atoms with E-state index >= 15 is 0 Å². The number of hydrogen-bond acceptors (Lipinski definition) is 4. The van der Waals surface area contributed by atoms with Gasteiger partial charge in [-0.1, -0.05) is 0 Å². The number of halogens is 3. The average molecular weight is 302 g/mol. The van der Waals surface area contributed by atoms with E-state index < -0.39 is 29.8 Å². The Morgan fingerprint density at radius 1 is 1.43 bits per heavy atom. The summed E-state index contributed by atoms with van der Waals surface area (Å²) in [6, 6.07) is 0.360. The monoisotopic (exact) mass is 302 g/mol. The molecule has 0 saturated heterocycles. The number of anilines is 1. The van der Waals surface area contributed by atoms with E-state index in [1.54, 1.807) is 6.92 Å². The van der Waals surface area contributed by atoms with Gasteiger partial charge in [-0.25, -0.2) is 9.50 Å². The molecule has 2 atom stereocenters. The maximum atomic E-state index is 12.7. The van der Waals surface area contributed by atoms with Crippen LogP contribution in [-0.2, 0) is 11.0 Å². The van der Waals surface area contributed by atoms with Gasteiger partial charge in [-0.3, -0.25) is 4.79 Å². The van der Waals surface area contributed by atoms with Crippen LogP contribution in [0.25, 0.3) is 5.52 Å². The van der Waals surface area contributed by atoms with Crippen LogP contribution in [0.5, 0.6) is 0 Å². The maximum absolute atomic E-state index is 12.7. The van der Waals surface area contributed by atoms with Gasteiger partial charge >= 0.3 is 12.1 Å². The summed E-state index contributed by atoms with van der Waals surface area (Å²) in [5.41, 5.74) is -0.897. The van der Waals surface area contributed by atoms with Gasteiger partial charge in [0.2, 0.25) is 0 Å². The number of fused-ring (bicyclic) bond motifs is 1. The lowest BCUT2D eigenvalue weighted by atomic mass is 10.0. The summed E-state index contributed by atoms with van der Waals surface area (Å²) in [7, 11) is 0. The number of aliphatic carboxylic acids is 1. The lowest BCUT2D eigenvalue weighted by Crippen LogP contribution is -2.30. The number of nitrogens with one attached hydrogen (secondary N) is 1. The highest BCUT2D eigenvalue weighted by Crippen LogP contribution is 2.30. The molecule has 21 heavy (non-hydrogen) atoms. The minimum absolute atomic E-state index is 0.134. The molecule has 2 aromatic rings. The van der Waals surface area contributed by atoms with E-state index in [9.17, 15) is 18.0 Å². The molecule has 2 aromatic heterocycles. The standard InChI is InChI=1S/C12H13F3N4O2/c1-6(11(20)21)7(2)17-10-8-5-9(12(13,14)15)18-19(8)4-3-16-10/h3-7H,1-2H3,(H,16,17)(H,20,21). The first-order valence-corrected chi connectivity index (χ1v) is 6.11. The van der Waals surface area contributed by atoms with Gasteiger partial charge in [-0.05, 0) is 13.8 Å². The van der Waals surface area contributed by atoms with E-state index in [0.717, 1.165) is 10.6 Å². The summed E-state index contributed by atoms with van der Waals surface area (Å²) in [4.78, 5) is 14.9. The second-order valence-electron chi connectivity index (χ2n) is 4.69. The largest absolute Gasteiger partial charge is 0.481 e. The van der Waals surface area contributed by atoms with Crippen molar-refractivity contribution in [3.63, 3.8) is 0 Å². The Bertz CT molecular complexity index is 668. The molecule has 114 valence electrons. The zero-order chi connectivity index (χ0) is 15.8. The van der Waals surface area contributed by atoms with Crippen molar-refractivity contribution in [2.24, 2.45) is 5.92 Å². The van der Waals surface area contributed by atoms with Gasteiger partial charge in [0, 0.05) is 24.5 Å². The Kier molecular flexibility index (Phi) is 3.75. The van der Waals surface area contributed by atoms with Crippen LogP contribution in [0.3, 0.4) is 0 Å². The smallest absolute Gasteiger partial charge is 0.435 e. The highest BCUT2D eigenvalue weighted by atomic mass is 19.4. The van der Waals surface area contributed by atoms with Gasteiger partial charge in [0.15, 0.2) is 11.5 Å². The fourth-order valence-corrected chi connectivity index (χ4v) is 1.73. The van der Waals surface area contributed by atoms with Crippen LogP contribution in [0.4, 0.5) is 19.0 Å². The van der Waals surface area contributed by atoms with Gasteiger partial charge in [0.25, 0.3) is 0 Å². The fraction of sp³-hybridized carbons (Fsp3) is 0.417. The molecule has 0 aliphatic rings. The van der Waals surface area contributed by atoms with Gasteiger partial charge in [-0.15, -0.1) is 0 Å². The van der Waals surface area contributed by atoms with E-state index in [1.807, 2.05) is 0 Å². The number of carbonyl (C=O) groups is 1. The third-order valence-electron chi connectivity index (χ3n) is 3.18. The summed E-state index contributed by atoms with van der Waals surface area (Å²) in [5.74, 6) is -1.58. The molecule has 2 rings (SSSR count). The van der Waals surface area contributed by atoms with Crippen LogP contribution in [0, 0.1) is 5.92 Å². The summed E-state index contributed by atoms with van der Waals surface area (Å²) in [6.45, 7) is 3.11. The molecule has 2 unspecified atom stereocenters. The van der Waals surface area contributed by atoms with Crippen molar-refractivity contribution in [3.05, 3.63) is 24.2 Å². The predicted octanol–water partition coefficient (Wildman–Crippen LogP) is 2.27. The van der Waals surface area contributed by atoms with Crippen molar-refractivity contribution in [3.8, 4) is 0 Å². The molecular formula is C12H13F3N4O2. The van der Waals surface area contributed by atoms with Crippen molar-refractivity contribution in [1.82, 2.24) is 14.6 Å². The van der Waals surface area contributed by atoms with E-state index in [2.05, 4.69) is 15.4 Å². The minimum Gasteiger partial charge on any atom is -0.481 e. The molecule has 9 heteroatoms. The first-order valence-electron chi connectivity index (χ1n) is 6.11. The normalized spacial score (nSPS) is 14.9. The zero-order valence-electron chi connectivity index (χ0n) is 11.2. The molecule has 0 radical (unpaired) electrons. The maximum Gasteiger partial charge on any atom is 0.435 e. The van der Waals surface area contributed by atoms with Crippen molar-refractivity contribution in [1.29, 1.82) is 0 Å². The number of carboxylic acid groups (broad SMARTS) is 1. The Morgan fingerprint density at radius 3 is 2.67 bits per heavy atom. The number of aromatic nitrogens is 3. The minimum atomic E-state index is -4.55. The van der Waals surface area contributed by atoms with Crippen LogP contribution in [0.2, 0.25) is 0 Å². The number of alkyl halides is 3. The van der Waals surface area contributed by atoms with Crippen LogP contribution >= 0.6 is 0 Å². The number of rotatable bonds is 4. The second-order valence-corrected chi connectivity index (χ2v) is 4.69. The quantitative estimate of drug-likeness (QED) is 0.905. The first-order chi connectivity index (χ1) is 9.70. The average Bonchev–Trinajstić information content (AvgIpc) is 2.82. The molecule has 2 heterocycles. The Balaban J connectivity index is 2.36. The number of hydrogen-bond donors (Lipinski definition) is 2. The Hall–Kier alpha value is -2.32. The summed E-state index contributed by atoms with van der Waals surface area (Å²) in [6.07, 6.45) is -1.97. The fourth-order valence-electron chi connectivity index (χ4n) is 1.73. The topological polar surface area (TPSA) is 79.5 Å². The molecule has 0 spiro atoms. The molecule has 0 aliphatic carbocycles. The summed E-state index contributed by atoms with van der Waals surface area (Å²) >= 11 is 0. The van der Waals surface area contributed by atoms with E-state index in [4.69, 9.17) is 5.11 Å². The van der Waals surface area contributed by atoms with E-state index in [1.165, 1.54) is 19.3 Å². The molecule has 0 aliphatic heterocycles. The summed E-state index contributed by atoms with van der Waals surface area (Å²) in [5, 5.41) is 15.2. The molecule has 0 bridgehead atoms. The number of nitrogens with zero attached hydrogens (tertiary/aromatic N) is 3. The van der Waals surface area contributed by atoms with Crippen molar-refractivity contribution < 1.29 is 23.1 Å². The molecule has 0 aromatic carbocycles. The molecule has 6 nitrogen and oxygen atoms in total. The van der Waals surface area contributed by atoms with Crippen LogP contribution in [-0.4, -0.2) is 31.7 Å². The third kappa shape index (κ3) is 3.06. The second kappa shape index (κ2) is 5.23. The number of carboxylic acids is 1. The van der Waals surface area contributed by atoms with Crippen molar-refractivity contribution >= 4 is 17.3 Å². The Morgan fingerprint density at radius 2 is 2.10 bits per heavy atom. The molecule has 0 amide bonds. The molecule has 2 N–H and O–H groups in total. The zero-order valence-corrected chi connectivity index (χ0v) is 11.2. The van der Waals surface area contributed by atoms with Gasteiger partial charge in [-0.2, -0.15) is 18.3 Å². The summed E-state index contributed by atoms with van der Waals surface area (Å²) < 4.78 is 39.0. The van der Waals surface area contributed by atoms with E-state index in [-0.39, 0.29) is 11.3 Å². The van der Waals surface area contributed by atoms with Gasteiger partial charge in [0.1, 0.15) is 5.52 Å². The van der Waals surface area contributed by atoms with Crippen LogP contribution in [0.15, 0.2) is 18.5 Å². The lowest BCUT2D eigenvalue weighted by Gasteiger charge is -2.18. The molecule has 0 saturated carbocycles. The molecular weight excluding hydrogens is 289 g/mol. The highest BCUT2D eigenvalue weighted by Gasteiger charge is 2.34. The van der Waals surface area contributed by atoms with Crippen molar-refractivity contribution in [2.75, 3.05) is 5.32 Å². The highest BCUT2D eigenvalue weighted by molar-refractivity contribution is 5.73. The predicted molar refractivity (Wildman–Crippen MR) is 67.9 cm³/mol. The molecule has 0 fully saturated rings. The van der Waals surface area contributed by atoms with E-state index in [0.29, 0.717) is 0 Å². The van der Waals surface area contributed by atoms with Crippen LogP contribution in [0.1, 0.15) is 19.5 Å². The van der Waals surface area contributed by atoms with Crippen LogP contribution < -0.4 is 5.32 Å². The lowest BCUT2D eigenvalue weighted by molar-refractivity contribution is -0.142. The SMILES string of the molecule is CC(Nc1nccn2nc(C(F)(F)F)cc12)C(C)C(=O)O. The Labute approximate surface area is 117 Å². The van der Waals surface area contributed by atoms with Gasteiger partial charge < -0.3 is 10.4 Å².